The predicted octanol–water partition coefficient (Wildman–Crippen LogP) is -0.289. The third kappa shape index (κ3) is 11.4. The number of morpholine rings is 1. The minimum absolute atomic E-state index is 0.170. The van der Waals surface area contributed by atoms with Crippen molar-refractivity contribution in [1.82, 2.24) is 13.6 Å². The number of esters is 4. The molecule has 1 saturated heterocycles. The minimum atomic E-state index is -1.45. The molecule has 0 aliphatic carbocycles. The molecule has 236 valence electrons. The summed E-state index contributed by atoms with van der Waals surface area (Å²) >= 11 is 0.940. The van der Waals surface area contributed by atoms with Gasteiger partial charge in [-0.3, -0.25) is 9.59 Å². The smallest absolute Gasteiger partial charge is 0.347 e. The van der Waals surface area contributed by atoms with Crippen LogP contribution in [0.4, 0.5) is 5.82 Å². The highest BCUT2D eigenvalue weighted by Crippen LogP contribution is 2.27. The fraction of sp³-hybridized carbons (Fsp3) is 0.720. The molecule has 1 fully saturated rings. The van der Waals surface area contributed by atoms with Crippen molar-refractivity contribution in [3.05, 3.63) is 0 Å². The lowest BCUT2D eigenvalue weighted by atomic mass is 10.1. The summed E-state index contributed by atoms with van der Waals surface area (Å²) in [5.41, 5.74) is -0.779. The van der Waals surface area contributed by atoms with Gasteiger partial charge in [0, 0.05) is 25.6 Å². The van der Waals surface area contributed by atoms with Crippen LogP contribution >= 0.6 is 11.7 Å². The summed E-state index contributed by atoms with van der Waals surface area (Å²) in [5.74, 6) is -3.51. The van der Waals surface area contributed by atoms with Crippen LogP contribution in [0.3, 0.4) is 0 Å². The Morgan fingerprint density at radius 2 is 1.69 bits per heavy atom. The summed E-state index contributed by atoms with van der Waals surface area (Å²) in [5, 5.41) is 9.23. The molecule has 1 N–H and O–H groups in total. The molecule has 42 heavy (non-hydrogen) atoms. The standard InChI is InChI=1S/C25H38N4O12S/c1-15(30)23(34)40-16(2)24(35)39-14-20(33)41-18(11-29(25(4,5)6)19(32)13-37-17(3)31)12-38-22-21(26-42-27-22)28-7-9-36-10-8-28/h15-16,18,30H,7-14H2,1-6H3/t15?,16?,18-/m0/s1. The highest BCUT2D eigenvalue weighted by Gasteiger charge is 2.32. The van der Waals surface area contributed by atoms with Crippen LogP contribution < -0.4 is 9.64 Å². The number of rotatable bonds is 14. The first-order valence-electron chi connectivity index (χ1n) is 13.2. The summed E-state index contributed by atoms with van der Waals surface area (Å²) in [6.07, 6.45) is -3.91. The van der Waals surface area contributed by atoms with Crippen LogP contribution in [0, 0.1) is 0 Å². The number of carbonyl (C=O) groups excluding carboxylic acids is 5. The summed E-state index contributed by atoms with van der Waals surface area (Å²) in [4.78, 5) is 63.8. The molecule has 16 nitrogen and oxygen atoms in total. The largest absolute Gasteiger partial charge is 0.470 e. The van der Waals surface area contributed by atoms with Gasteiger partial charge >= 0.3 is 23.9 Å². The van der Waals surface area contributed by atoms with E-state index in [1.807, 2.05) is 4.90 Å². The Kier molecular flexibility index (Phi) is 13.3. The third-order valence-electron chi connectivity index (χ3n) is 5.65. The second kappa shape index (κ2) is 16.2. The molecule has 2 heterocycles. The number of carbonyl (C=O) groups is 5. The van der Waals surface area contributed by atoms with Crippen molar-refractivity contribution in [2.24, 2.45) is 0 Å². The van der Waals surface area contributed by atoms with Crippen LogP contribution in [0.15, 0.2) is 0 Å². The van der Waals surface area contributed by atoms with Gasteiger partial charge in [-0.1, -0.05) is 0 Å². The van der Waals surface area contributed by atoms with E-state index >= 15 is 0 Å². The lowest BCUT2D eigenvalue weighted by molar-refractivity contribution is -0.176. The summed E-state index contributed by atoms with van der Waals surface area (Å²) < 4.78 is 39.7. The Morgan fingerprint density at radius 3 is 2.29 bits per heavy atom. The number of aliphatic hydroxyl groups is 1. The van der Waals surface area contributed by atoms with Gasteiger partial charge in [-0.05, 0) is 34.6 Å². The predicted molar refractivity (Wildman–Crippen MR) is 145 cm³/mol. The average molecular weight is 619 g/mol. The van der Waals surface area contributed by atoms with E-state index in [4.69, 9.17) is 28.4 Å². The number of aromatic nitrogens is 2. The topological polar surface area (TPSA) is 193 Å². The maximum Gasteiger partial charge on any atom is 0.347 e. The van der Waals surface area contributed by atoms with Crippen LogP contribution in [-0.2, 0) is 47.7 Å². The monoisotopic (exact) mass is 618 g/mol. The number of hydrogen-bond acceptors (Lipinski definition) is 16. The van der Waals surface area contributed by atoms with Gasteiger partial charge in [-0.2, -0.15) is 4.37 Å². The van der Waals surface area contributed by atoms with Crippen molar-refractivity contribution in [3.63, 3.8) is 0 Å². The van der Waals surface area contributed by atoms with Crippen molar-refractivity contribution in [1.29, 1.82) is 0 Å². The second-order valence-electron chi connectivity index (χ2n) is 10.2. The molecule has 0 saturated carbocycles. The van der Waals surface area contributed by atoms with E-state index in [2.05, 4.69) is 8.75 Å². The Morgan fingerprint density at radius 1 is 1.02 bits per heavy atom. The number of anilines is 1. The van der Waals surface area contributed by atoms with Crippen LogP contribution in [0.5, 0.6) is 5.88 Å². The number of nitrogens with zero attached hydrogens (tertiary/aromatic N) is 4. The zero-order chi connectivity index (χ0) is 31.4. The highest BCUT2D eigenvalue weighted by atomic mass is 32.1. The van der Waals surface area contributed by atoms with E-state index in [0.29, 0.717) is 32.1 Å². The molecule has 1 aliphatic heterocycles. The van der Waals surface area contributed by atoms with Crippen molar-refractivity contribution in [2.45, 2.75) is 65.4 Å². The molecule has 3 atom stereocenters. The minimum Gasteiger partial charge on any atom is -0.470 e. The van der Waals surface area contributed by atoms with Gasteiger partial charge in [0.2, 0.25) is 5.82 Å². The zero-order valence-corrected chi connectivity index (χ0v) is 25.3. The van der Waals surface area contributed by atoms with E-state index < -0.39 is 66.8 Å². The van der Waals surface area contributed by atoms with Crippen molar-refractivity contribution in [3.8, 4) is 5.88 Å². The first-order valence-corrected chi connectivity index (χ1v) is 13.9. The fourth-order valence-electron chi connectivity index (χ4n) is 3.51. The second-order valence-corrected chi connectivity index (χ2v) is 10.8. The molecule has 1 amide bonds. The van der Waals surface area contributed by atoms with Crippen LogP contribution in [0.2, 0.25) is 0 Å². The van der Waals surface area contributed by atoms with E-state index in [1.54, 1.807) is 20.8 Å². The van der Waals surface area contributed by atoms with Crippen LogP contribution in [0.25, 0.3) is 0 Å². The highest BCUT2D eigenvalue weighted by molar-refractivity contribution is 6.99. The van der Waals surface area contributed by atoms with Gasteiger partial charge in [0.05, 0.1) is 31.5 Å². The summed E-state index contributed by atoms with van der Waals surface area (Å²) in [6.45, 7) is 9.21. The van der Waals surface area contributed by atoms with Crippen LogP contribution in [-0.4, -0.2) is 125 Å². The molecule has 1 aromatic heterocycles. The Balaban J connectivity index is 2.13. The summed E-state index contributed by atoms with van der Waals surface area (Å²) in [7, 11) is 0. The van der Waals surface area contributed by atoms with Gasteiger partial charge in [0.25, 0.3) is 11.8 Å². The first-order chi connectivity index (χ1) is 19.7. The van der Waals surface area contributed by atoms with Gasteiger partial charge < -0.3 is 43.3 Å². The zero-order valence-electron chi connectivity index (χ0n) is 24.5. The molecule has 2 rings (SSSR count). The van der Waals surface area contributed by atoms with E-state index in [9.17, 15) is 29.1 Å². The number of aliphatic hydroxyl groups excluding tert-OH is 1. The van der Waals surface area contributed by atoms with E-state index in [0.717, 1.165) is 11.7 Å². The number of amides is 1. The van der Waals surface area contributed by atoms with Crippen molar-refractivity contribution in [2.75, 3.05) is 57.6 Å². The molecule has 2 unspecified atom stereocenters. The molecular weight excluding hydrogens is 580 g/mol. The molecule has 1 aromatic rings. The molecule has 0 aromatic carbocycles. The van der Waals surface area contributed by atoms with Crippen molar-refractivity contribution >= 4 is 47.3 Å². The quantitative estimate of drug-likeness (QED) is 0.211. The van der Waals surface area contributed by atoms with E-state index in [1.165, 1.54) is 25.7 Å². The molecule has 1 aliphatic rings. The Bertz CT molecular complexity index is 1080. The molecule has 17 heteroatoms. The SMILES string of the molecule is CC(=O)OCC(=O)N(C[C@@H](COc1nsnc1N1CCOCC1)OC(=O)COC(=O)C(C)OC(=O)C(C)O)C(C)(C)C. The number of hydrogen-bond donors (Lipinski definition) is 1. The normalized spacial score (nSPS) is 15.5. The van der Waals surface area contributed by atoms with Crippen LogP contribution in [0.1, 0.15) is 41.5 Å². The summed E-state index contributed by atoms with van der Waals surface area (Å²) in [6, 6.07) is 0. The lowest BCUT2D eigenvalue weighted by Crippen LogP contribution is -2.52. The molecule has 0 spiro atoms. The molecule has 0 bridgehead atoms. The Hall–Kier alpha value is -3.57. The maximum atomic E-state index is 12.9. The van der Waals surface area contributed by atoms with Gasteiger partial charge in [0.15, 0.2) is 25.4 Å². The number of ether oxygens (including phenoxy) is 6. The van der Waals surface area contributed by atoms with Gasteiger partial charge in [-0.15, -0.1) is 4.37 Å². The lowest BCUT2D eigenvalue weighted by Gasteiger charge is -2.37. The maximum absolute atomic E-state index is 12.9. The molecular formula is C25H38N4O12S. The van der Waals surface area contributed by atoms with E-state index in [-0.39, 0.29) is 19.0 Å². The van der Waals surface area contributed by atoms with Gasteiger partial charge in [-0.25, -0.2) is 14.4 Å². The van der Waals surface area contributed by atoms with Gasteiger partial charge in [0.1, 0.15) is 12.7 Å². The first kappa shape index (κ1) is 34.6. The Labute approximate surface area is 247 Å². The van der Waals surface area contributed by atoms with Crippen molar-refractivity contribution < 1.29 is 57.5 Å². The molecule has 0 radical (unpaired) electrons. The fourth-order valence-corrected chi connectivity index (χ4v) is 4.03. The third-order valence-corrected chi connectivity index (χ3v) is 6.15. The average Bonchev–Trinajstić information content (AvgIpc) is 3.40.